The number of anilines is 1. The molecule has 0 aliphatic rings. The summed E-state index contributed by atoms with van der Waals surface area (Å²) in [6.45, 7) is 1.89. The number of rotatable bonds is 4. The molecule has 0 saturated heterocycles. The number of carbonyl (C=O) groups is 1. The van der Waals surface area contributed by atoms with Crippen LogP contribution in [-0.2, 0) is 12.6 Å². The topological polar surface area (TPSA) is 67.8 Å². The van der Waals surface area contributed by atoms with Gasteiger partial charge in [-0.25, -0.2) is 15.0 Å². The molecule has 2 aromatic heterocycles. The van der Waals surface area contributed by atoms with E-state index in [-0.39, 0.29) is 11.0 Å². The van der Waals surface area contributed by atoms with Crippen LogP contribution in [0.15, 0.2) is 17.4 Å². The maximum atomic E-state index is 12.8. The Morgan fingerprint density at radius 3 is 2.68 bits per heavy atom. The lowest BCUT2D eigenvalue weighted by atomic mass is 10.3. The molecule has 0 unspecified atom stereocenters. The highest BCUT2D eigenvalue weighted by Crippen LogP contribution is 2.30. The lowest BCUT2D eigenvalue weighted by Gasteiger charge is -2.09. The fraction of sp³-hybridized carbons (Fsp3) is 0.333. The van der Waals surface area contributed by atoms with Crippen molar-refractivity contribution in [2.24, 2.45) is 0 Å². The van der Waals surface area contributed by atoms with Crippen molar-refractivity contribution in [1.29, 1.82) is 0 Å². The lowest BCUT2D eigenvalue weighted by Crippen LogP contribution is -2.15. The van der Waals surface area contributed by atoms with Gasteiger partial charge in [0.25, 0.3) is 5.91 Å². The second kappa shape index (κ2) is 6.61. The van der Waals surface area contributed by atoms with Gasteiger partial charge < -0.3 is 5.32 Å². The molecule has 0 fully saturated rings. The molecule has 0 bridgehead atoms. The number of alkyl halides is 3. The van der Waals surface area contributed by atoms with Gasteiger partial charge in [-0.3, -0.25) is 4.79 Å². The highest BCUT2D eigenvalue weighted by molar-refractivity contribution is 7.98. The first-order valence-electron chi connectivity index (χ1n) is 6.09. The number of hydrogen-bond acceptors (Lipinski definition) is 6. The van der Waals surface area contributed by atoms with E-state index in [0.717, 1.165) is 16.8 Å². The van der Waals surface area contributed by atoms with E-state index in [1.54, 1.807) is 6.26 Å². The molecule has 10 heteroatoms. The summed E-state index contributed by atoms with van der Waals surface area (Å²) in [7, 11) is 0. The molecule has 1 N–H and O–H groups in total. The Morgan fingerprint density at radius 1 is 1.41 bits per heavy atom. The van der Waals surface area contributed by atoms with Gasteiger partial charge in [-0.15, -0.1) is 11.3 Å². The van der Waals surface area contributed by atoms with Crippen molar-refractivity contribution in [3.63, 3.8) is 0 Å². The predicted octanol–water partition coefficient (Wildman–Crippen LogP) is 3.49. The molecule has 2 heterocycles. The van der Waals surface area contributed by atoms with Crippen LogP contribution in [0.25, 0.3) is 0 Å². The summed E-state index contributed by atoms with van der Waals surface area (Å²) in [5.41, 5.74) is -1.10. The minimum absolute atomic E-state index is 0.0660. The zero-order valence-corrected chi connectivity index (χ0v) is 13.2. The van der Waals surface area contributed by atoms with Gasteiger partial charge in [0.1, 0.15) is 10.7 Å². The van der Waals surface area contributed by atoms with E-state index in [4.69, 9.17) is 0 Å². The van der Waals surface area contributed by atoms with Crippen molar-refractivity contribution in [2.75, 3.05) is 11.6 Å². The van der Waals surface area contributed by atoms with Gasteiger partial charge in [0, 0.05) is 6.07 Å². The van der Waals surface area contributed by atoms with Crippen LogP contribution in [0.3, 0.4) is 0 Å². The van der Waals surface area contributed by atoms with Gasteiger partial charge in [-0.1, -0.05) is 18.7 Å². The average molecular weight is 348 g/mol. The molecule has 0 aliphatic carbocycles. The molecule has 5 nitrogen and oxygen atoms in total. The monoisotopic (exact) mass is 348 g/mol. The number of nitrogens with zero attached hydrogens (tertiary/aromatic N) is 3. The summed E-state index contributed by atoms with van der Waals surface area (Å²) in [4.78, 5) is 23.6. The number of halogens is 3. The Balaban J connectivity index is 2.26. The molecule has 0 spiro atoms. The van der Waals surface area contributed by atoms with E-state index in [1.807, 2.05) is 6.92 Å². The quantitative estimate of drug-likeness (QED) is 0.677. The fourth-order valence-electron chi connectivity index (χ4n) is 1.48. The molecule has 2 aromatic rings. The number of nitrogens with one attached hydrogen (secondary N) is 1. The number of amides is 1. The largest absolute Gasteiger partial charge is 0.433 e. The zero-order chi connectivity index (χ0) is 16.3. The second-order valence-corrected chi connectivity index (χ2v) is 5.94. The van der Waals surface area contributed by atoms with E-state index in [2.05, 4.69) is 20.3 Å². The Bertz CT molecular complexity index is 687. The van der Waals surface area contributed by atoms with Crippen molar-refractivity contribution in [2.45, 2.75) is 24.7 Å². The number of aryl methyl sites for hydroxylation is 1. The summed E-state index contributed by atoms with van der Waals surface area (Å²) in [6.07, 6.45) is -0.981. The Hall–Kier alpha value is -1.68. The third-order valence-corrected chi connectivity index (χ3v) is 4.19. The van der Waals surface area contributed by atoms with Crippen LogP contribution >= 0.6 is 23.1 Å². The maximum Gasteiger partial charge on any atom is 0.433 e. The van der Waals surface area contributed by atoms with Crippen LogP contribution in [0, 0.1) is 0 Å². The van der Waals surface area contributed by atoms with E-state index in [0.29, 0.717) is 17.4 Å². The summed E-state index contributed by atoms with van der Waals surface area (Å²) >= 11 is 2.15. The normalized spacial score (nSPS) is 11.5. The van der Waals surface area contributed by atoms with Gasteiger partial charge >= 0.3 is 6.18 Å². The first-order valence-corrected chi connectivity index (χ1v) is 8.14. The van der Waals surface area contributed by atoms with Crippen LogP contribution in [0.2, 0.25) is 0 Å². The van der Waals surface area contributed by atoms with Crippen LogP contribution in [0.5, 0.6) is 0 Å². The molecule has 2 rings (SSSR count). The predicted molar refractivity (Wildman–Crippen MR) is 78.3 cm³/mol. The summed E-state index contributed by atoms with van der Waals surface area (Å²) in [5.74, 6) is -0.737. The SMILES string of the molecule is CCc1ncc(C(=O)Nc2cc(C(F)(F)F)nc(SC)n2)s1. The first kappa shape index (κ1) is 16.7. The third kappa shape index (κ3) is 3.95. The van der Waals surface area contributed by atoms with Crippen molar-refractivity contribution < 1.29 is 18.0 Å². The van der Waals surface area contributed by atoms with Gasteiger partial charge in [0.05, 0.1) is 11.2 Å². The third-order valence-electron chi connectivity index (χ3n) is 2.50. The summed E-state index contributed by atoms with van der Waals surface area (Å²) < 4.78 is 38.3. The van der Waals surface area contributed by atoms with Crippen LogP contribution in [-0.4, -0.2) is 27.1 Å². The molecule has 118 valence electrons. The number of carbonyl (C=O) groups excluding carboxylic acids is 1. The van der Waals surface area contributed by atoms with Gasteiger partial charge in [0.15, 0.2) is 10.9 Å². The van der Waals surface area contributed by atoms with Crippen LogP contribution < -0.4 is 5.32 Å². The van der Waals surface area contributed by atoms with Gasteiger partial charge in [0.2, 0.25) is 0 Å². The standard InChI is InChI=1S/C12H11F3N4OS2/c1-3-9-16-5-6(22-9)10(20)18-8-4-7(12(13,14)15)17-11(19-8)21-2/h4-5H,3H2,1-2H3,(H,17,18,19,20). The van der Waals surface area contributed by atoms with Gasteiger partial charge in [-0.2, -0.15) is 13.2 Å². The second-order valence-electron chi connectivity index (χ2n) is 4.05. The van der Waals surface area contributed by atoms with Crippen molar-refractivity contribution >= 4 is 34.8 Å². The molecule has 0 radical (unpaired) electrons. The van der Waals surface area contributed by atoms with E-state index < -0.39 is 17.8 Å². The number of aromatic nitrogens is 3. The zero-order valence-electron chi connectivity index (χ0n) is 11.6. The van der Waals surface area contributed by atoms with E-state index in [1.165, 1.54) is 17.5 Å². The van der Waals surface area contributed by atoms with Crippen molar-refractivity contribution in [1.82, 2.24) is 15.0 Å². The van der Waals surface area contributed by atoms with E-state index >= 15 is 0 Å². The molecule has 0 aromatic carbocycles. The molecule has 0 saturated carbocycles. The minimum atomic E-state index is -4.60. The highest BCUT2D eigenvalue weighted by atomic mass is 32.2. The molecule has 22 heavy (non-hydrogen) atoms. The minimum Gasteiger partial charge on any atom is -0.306 e. The highest BCUT2D eigenvalue weighted by Gasteiger charge is 2.33. The Labute approximate surface area is 132 Å². The number of thioether (sulfide) groups is 1. The molecule has 0 atom stereocenters. The molecule has 1 amide bonds. The van der Waals surface area contributed by atoms with Crippen molar-refractivity contribution in [3.05, 3.63) is 27.8 Å². The number of thiazole rings is 1. The summed E-state index contributed by atoms with van der Waals surface area (Å²) in [5, 5.41) is 3.06. The van der Waals surface area contributed by atoms with Crippen molar-refractivity contribution in [3.8, 4) is 0 Å². The maximum absolute atomic E-state index is 12.8. The molecule has 0 aliphatic heterocycles. The van der Waals surface area contributed by atoms with Gasteiger partial charge in [-0.05, 0) is 12.7 Å². The fourth-order valence-corrected chi connectivity index (χ4v) is 2.61. The van der Waals surface area contributed by atoms with Crippen LogP contribution in [0.1, 0.15) is 27.3 Å². The summed E-state index contributed by atoms with van der Waals surface area (Å²) in [6, 6.07) is 0.708. The lowest BCUT2D eigenvalue weighted by molar-refractivity contribution is -0.141. The van der Waals surface area contributed by atoms with E-state index in [9.17, 15) is 18.0 Å². The smallest absolute Gasteiger partial charge is 0.306 e. The average Bonchev–Trinajstić information content (AvgIpc) is 2.95. The number of hydrogen-bond donors (Lipinski definition) is 1. The first-order chi connectivity index (χ1) is 10.3. The molecular formula is C12H11F3N4OS2. The molecular weight excluding hydrogens is 337 g/mol. The Morgan fingerprint density at radius 2 is 2.14 bits per heavy atom. The Kier molecular flexibility index (Phi) is 5.01. The van der Waals surface area contributed by atoms with Crippen LogP contribution in [0.4, 0.5) is 19.0 Å².